The Bertz CT molecular complexity index is 871. The third-order valence-electron chi connectivity index (χ3n) is 4.63. The summed E-state index contributed by atoms with van der Waals surface area (Å²) in [5.41, 5.74) is 0.927. The molecule has 1 aromatic heterocycles. The first-order valence-electron chi connectivity index (χ1n) is 9.62. The lowest BCUT2D eigenvalue weighted by molar-refractivity contribution is -0.165. The molecule has 2 heterocycles. The van der Waals surface area contributed by atoms with E-state index in [-0.39, 0.29) is 5.78 Å². The maximum atomic E-state index is 12.3. The summed E-state index contributed by atoms with van der Waals surface area (Å²) >= 11 is 5.87. The number of Topliss-reactive ketones (excluding diaryl/α,β-unsaturated/α-hetero) is 1. The molecule has 0 amide bonds. The first-order chi connectivity index (χ1) is 14.7. The van der Waals surface area contributed by atoms with Crippen molar-refractivity contribution in [3.05, 3.63) is 47.2 Å². The van der Waals surface area contributed by atoms with Crippen molar-refractivity contribution < 1.29 is 39.2 Å². The lowest BCUT2D eigenvalue weighted by atomic mass is 10.1. The minimum Gasteiger partial charge on any atom is -0.479 e. The van der Waals surface area contributed by atoms with Gasteiger partial charge >= 0.3 is 11.9 Å². The molecule has 1 saturated heterocycles. The number of carboxylic acid groups (broad SMARTS) is 2. The fourth-order valence-corrected chi connectivity index (χ4v) is 3.05. The Morgan fingerprint density at radius 1 is 0.903 bits per heavy atom. The van der Waals surface area contributed by atoms with Crippen molar-refractivity contribution >= 4 is 29.3 Å². The van der Waals surface area contributed by atoms with Gasteiger partial charge in [-0.3, -0.25) is 9.69 Å². The van der Waals surface area contributed by atoms with Crippen molar-refractivity contribution in [3.8, 4) is 11.3 Å². The number of piperidine rings is 1. The molecule has 0 radical (unpaired) electrons. The monoisotopic (exact) mass is 453 g/mol. The highest BCUT2D eigenvalue weighted by Crippen LogP contribution is 2.24. The first kappa shape index (κ1) is 24.5. The van der Waals surface area contributed by atoms with Crippen LogP contribution in [0.4, 0.5) is 0 Å². The highest BCUT2D eigenvalue weighted by atomic mass is 35.5. The Kier molecular flexibility index (Phi) is 9.20. The summed E-state index contributed by atoms with van der Waals surface area (Å²) in [6.07, 6.45) is -0.898. The number of carboxylic acids is 2. The number of rotatable bonds is 7. The third kappa shape index (κ3) is 7.48. The SMILES string of the molecule is O=C(CN1CCCCC1)c1ccc(-c2ccc(Cl)cc2)o1.O=C(O)C(O)C(O)C(=O)O. The first-order valence-corrected chi connectivity index (χ1v) is 10.00. The number of nitrogens with zero attached hydrogens (tertiary/aromatic N) is 1. The number of halogens is 1. The van der Waals surface area contributed by atoms with Crippen molar-refractivity contribution in [1.29, 1.82) is 0 Å². The van der Waals surface area contributed by atoms with Crippen LogP contribution in [-0.4, -0.2) is 74.9 Å². The van der Waals surface area contributed by atoms with E-state index in [2.05, 4.69) is 4.90 Å². The second-order valence-corrected chi connectivity index (χ2v) is 7.43. The smallest absolute Gasteiger partial charge is 0.335 e. The van der Waals surface area contributed by atoms with Gasteiger partial charge in [-0.2, -0.15) is 0 Å². The van der Waals surface area contributed by atoms with Gasteiger partial charge in [-0.05, 0) is 62.3 Å². The van der Waals surface area contributed by atoms with E-state index in [1.165, 1.54) is 19.3 Å². The zero-order valence-electron chi connectivity index (χ0n) is 16.6. The van der Waals surface area contributed by atoms with Gasteiger partial charge in [-0.1, -0.05) is 18.0 Å². The third-order valence-corrected chi connectivity index (χ3v) is 4.88. The molecule has 10 heteroatoms. The number of ketones is 1. The summed E-state index contributed by atoms with van der Waals surface area (Å²) < 4.78 is 5.69. The highest BCUT2D eigenvalue weighted by molar-refractivity contribution is 6.30. The summed E-state index contributed by atoms with van der Waals surface area (Å²) in [5.74, 6) is -2.35. The quantitative estimate of drug-likeness (QED) is 0.462. The molecule has 1 aliphatic heterocycles. The number of aliphatic hydroxyl groups is 2. The number of aliphatic carboxylic acids is 2. The average molecular weight is 454 g/mol. The fourth-order valence-electron chi connectivity index (χ4n) is 2.93. The van der Waals surface area contributed by atoms with Gasteiger partial charge < -0.3 is 24.8 Å². The lowest BCUT2D eigenvalue weighted by Crippen LogP contribution is -2.39. The lowest BCUT2D eigenvalue weighted by Gasteiger charge is -2.25. The largest absolute Gasteiger partial charge is 0.479 e. The van der Waals surface area contributed by atoms with Gasteiger partial charge in [-0.25, -0.2) is 9.59 Å². The maximum Gasteiger partial charge on any atom is 0.335 e. The van der Waals surface area contributed by atoms with Gasteiger partial charge in [0, 0.05) is 10.6 Å². The van der Waals surface area contributed by atoms with Crippen LogP contribution in [0.25, 0.3) is 11.3 Å². The molecule has 0 aliphatic carbocycles. The number of furan rings is 1. The van der Waals surface area contributed by atoms with Crippen LogP contribution in [0.3, 0.4) is 0 Å². The summed E-state index contributed by atoms with van der Waals surface area (Å²) in [4.78, 5) is 34.0. The molecule has 31 heavy (non-hydrogen) atoms. The zero-order chi connectivity index (χ0) is 23.0. The Morgan fingerprint density at radius 2 is 1.45 bits per heavy atom. The number of hydrogen-bond acceptors (Lipinski definition) is 7. The fraction of sp³-hybridized carbons (Fsp3) is 0.381. The predicted molar refractivity (Wildman–Crippen MR) is 111 cm³/mol. The van der Waals surface area contributed by atoms with Crippen molar-refractivity contribution in [1.82, 2.24) is 4.90 Å². The van der Waals surface area contributed by atoms with Crippen LogP contribution in [0.15, 0.2) is 40.8 Å². The molecule has 2 unspecified atom stereocenters. The van der Waals surface area contributed by atoms with E-state index in [0.29, 0.717) is 23.1 Å². The van der Waals surface area contributed by atoms with Crippen molar-refractivity contribution in [2.45, 2.75) is 31.5 Å². The van der Waals surface area contributed by atoms with E-state index in [1.807, 2.05) is 30.3 Å². The van der Waals surface area contributed by atoms with E-state index in [0.717, 1.165) is 18.7 Å². The van der Waals surface area contributed by atoms with E-state index in [4.69, 9.17) is 36.4 Å². The van der Waals surface area contributed by atoms with Gasteiger partial charge in [0.2, 0.25) is 5.78 Å². The van der Waals surface area contributed by atoms with Crippen LogP contribution < -0.4 is 0 Å². The summed E-state index contributed by atoms with van der Waals surface area (Å²) in [6, 6.07) is 11.0. The van der Waals surface area contributed by atoms with Gasteiger partial charge in [-0.15, -0.1) is 0 Å². The van der Waals surface area contributed by atoms with Gasteiger partial charge in [0.15, 0.2) is 18.0 Å². The van der Waals surface area contributed by atoms with Crippen LogP contribution in [-0.2, 0) is 9.59 Å². The molecule has 1 aliphatic rings. The molecule has 3 rings (SSSR count). The Hall–Kier alpha value is -2.72. The summed E-state index contributed by atoms with van der Waals surface area (Å²) in [7, 11) is 0. The molecular formula is C21H24ClNO8. The standard InChI is InChI=1S/C17H18ClNO2.C4H6O6/c18-14-6-4-13(5-7-14)16-8-9-17(21-16)15(20)12-19-10-2-1-3-11-19;5-1(3(7)8)2(6)4(9)10/h4-9H,1-3,10-12H2;1-2,5-6H,(H,7,8)(H,9,10). The van der Waals surface area contributed by atoms with E-state index in [9.17, 15) is 14.4 Å². The Labute approximate surface area is 183 Å². The van der Waals surface area contributed by atoms with E-state index >= 15 is 0 Å². The number of carbonyl (C=O) groups is 3. The topological polar surface area (TPSA) is 149 Å². The predicted octanol–water partition coefficient (Wildman–Crippen LogP) is 2.15. The Morgan fingerprint density at radius 3 is 1.97 bits per heavy atom. The highest BCUT2D eigenvalue weighted by Gasteiger charge is 2.29. The molecule has 1 aromatic carbocycles. The molecule has 9 nitrogen and oxygen atoms in total. The molecular weight excluding hydrogens is 430 g/mol. The van der Waals surface area contributed by atoms with Gasteiger partial charge in [0.1, 0.15) is 5.76 Å². The van der Waals surface area contributed by atoms with Gasteiger partial charge in [0.25, 0.3) is 0 Å². The number of aliphatic hydroxyl groups excluding tert-OH is 2. The molecule has 2 atom stereocenters. The molecule has 0 saturated carbocycles. The van der Waals surface area contributed by atoms with Crippen LogP contribution in [0.5, 0.6) is 0 Å². The molecule has 0 spiro atoms. The molecule has 2 aromatic rings. The second-order valence-electron chi connectivity index (χ2n) is 7.00. The van der Waals surface area contributed by atoms with E-state index < -0.39 is 24.1 Å². The molecule has 1 fully saturated rings. The summed E-state index contributed by atoms with van der Waals surface area (Å²) in [6.45, 7) is 2.47. The minimum atomic E-state index is -2.27. The number of hydrogen-bond donors (Lipinski definition) is 4. The number of likely N-dealkylation sites (tertiary alicyclic amines) is 1. The van der Waals surface area contributed by atoms with Crippen LogP contribution in [0.1, 0.15) is 29.8 Å². The Balaban J connectivity index is 0.000000291. The van der Waals surface area contributed by atoms with Crippen molar-refractivity contribution in [2.24, 2.45) is 0 Å². The molecule has 168 valence electrons. The van der Waals surface area contributed by atoms with Crippen LogP contribution in [0, 0.1) is 0 Å². The number of carbonyl (C=O) groups excluding carboxylic acids is 1. The van der Waals surface area contributed by atoms with E-state index in [1.54, 1.807) is 6.07 Å². The molecule has 0 bridgehead atoms. The van der Waals surface area contributed by atoms with Crippen molar-refractivity contribution in [2.75, 3.05) is 19.6 Å². The average Bonchev–Trinajstić information content (AvgIpc) is 3.24. The zero-order valence-corrected chi connectivity index (χ0v) is 17.4. The summed E-state index contributed by atoms with van der Waals surface area (Å²) in [5, 5.41) is 33.2. The maximum absolute atomic E-state index is 12.3. The van der Waals surface area contributed by atoms with Crippen LogP contribution in [0.2, 0.25) is 5.02 Å². The normalized spacial score (nSPS) is 16.0. The molecule has 4 N–H and O–H groups in total. The van der Waals surface area contributed by atoms with Gasteiger partial charge in [0.05, 0.1) is 6.54 Å². The van der Waals surface area contributed by atoms with Crippen molar-refractivity contribution in [3.63, 3.8) is 0 Å². The minimum absolute atomic E-state index is 0.0529. The van der Waals surface area contributed by atoms with Crippen LogP contribution >= 0.6 is 11.6 Å². The number of benzene rings is 1. The second kappa shape index (κ2) is 11.6.